The highest BCUT2D eigenvalue weighted by molar-refractivity contribution is 4.79. The molecule has 2 nitrogen and oxygen atoms in total. The van der Waals surface area contributed by atoms with E-state index in [-0.39, 0.29) is 12.0 Å². The molecule has 0 saturated carbocycles. The van der Waals surface area contributed by atoms with E-state index >= 15 is 0 Å². The molecule has 1 N–H and O–H groups in total. The fourth-order valence-corrected chi connectivity index (χ4v) is 1.66. The Kier molecular flexibility index (Phi) is 4.40. The number of halogens is 3. The molecule has 15 heavy (non-hydrogen) atoms. The van der Waals surface area contributed by atoms with Crippen LogP contribution in [-0.2, 0) is 4.74 Å². The SMILES string of the molecule is CC1(CNCCC(F)(F)F)CCOCC1. The van der Waals surface area contributed by atoms with Crippen LogP contribution in [0.5, 0.6) is 0 Å². The van der Waals surface area contributed by atoms with Crippen LogP contribution in [0.4, 0.5) is 13.2 Å². The molecule has 0 aromatic carbocycles. The number of ether oxygens (including phenoxy) is 1. The molecule has 0 aromatic heterocycles. The molecular formula is C10H18F3NO. The van der Waals surface area contributed by atoms with Crippen molar-refractivity contribution in [3.05, 3.63) is 0 Å². The van der Waals surface area contributed by atoms with Crippen molar-refractivity contribution < 1.29 is 17.9 Å². The van der Waals surface area contributed by atoms with Crippen molar-refractivity contribution in [3.63, 3.8) is 0 Å². The molecule has 1 aliphatic heterocycles. The summed E-state index contributed by atoms with van der Waals surface area (Å²) in [6.45, 7) is 4.19. The van der Waals surface area contributed by atoms with Crippen LogP contribution in [0.2, 0.25) is 0 Å². The Balaban J connectivity index is 2.13. The maximum absolute atomic E-state index is 11.9. The van der Waals surface area contributed by atoms with E-state index in [1.165, 1.54) is 0 Å². The fourth-order valence-electron chi connectivity index (χ4n) is 1.66. The molecule has 1 aliphatic rings. The summed E-state index contributed by atoms with van der Waals surface area (Å²) in [7, 11) is 0. The zero-order valence-electron chi connectivity index (χ0n) is 8.99. The molecule has 90 valence electrons. The van der Waals surface area contributed by atoms with Crippen molar-refractivity contribution in [3.8, 4) is 0 Å². The monoisotopic (exact) mass is 225 g/mol. The molecule has 0 aliphatic carbocycles. The first-order valence-electron chi connectivity index (χ1n) is 5.27. The first-order chi connectivity index (χ1) is 6.91. The summed E-state index contributed by atoms with van der Waals surface area (Å²) < 4.78 is 40.8. The first-order valence-corrected chi connectivity index (χ1v) is 5.27. The largest absolute Gasteiger partial charge is 0.390 e. The highest BCUT2D eigenvalue weighted by atomic mass is 19.4. The Morgan fingerprint density at radius 3 is 2.40 bits per heavy atom. The van der Waals surface area contributed by atoms with Crippen LogP contribution >= 0.6 is 0 Å². The predicted molar refractivity (Wildman–Crippen MR) is 51.7 cm³/mol. The van der Waals surface area contributed by atoms with Gasteiger partial charge in [0.1, 0.15) is 0 Å². The van der Waals surface area contributed by atoms with Crippen LogP contribution in [0.1, 0.15) is 26.2 Å². The molecule has 1 rings (SSSR count). The highest BCUT2D eigenvalue weighted by Crippen LogP contribution is 2.28. The maximum Gasteiger partial charge on any atom is 0.390 e. The first kappa shape index (κ1) is 12.8. The van der Waals surface area contributed by atoms with E-state index < -0.39 is 12.6 Å². The van der Waals surface area contributed by atoms with Gasteiger partial charge in [0, 0.05) is 26.3 Å². The Morgan fingerprint density at radius 1 is 1.27 bits per heavy atom. The quantitative estimate of drug-likeness (QED) is 0.741. The van der Waals surface area contributed by atoms with Crippen LogP contribution in [0.15, 0.2) is 0 Å². The lowest BCUT2D eigenvalue weighted by molar-refractivity contribution is -0.133. The summed E-state index contributed by atoms with van der Waals surface area (Å²) >= 11 is 0. The normalized spacial score (nSPS) is 21.6. The van der Waals surface area contributed by atoms with Gasteiger partial charge in [-0.3, -0.25) is 0 Å². The van der Waals surface area contributed by atoms with Crippen LogP contribution in [0, 0.1) is 5.41 Å². The zero-order chi connectivity index (χ0) is 11.4. The molecule has 1 saturated heterocycles. The zero-order valence-corrected chi connectivity index (χ0v) is 8.99. The summed E-state index contributed by atoms with van der Waals surface area (Å²) in [5.41, 5.74) is 0.101. The van der Waals surface area contributed by atoms with Crippen LogP contribution in [0.3, 0.4) is 0 Å². The van der Waals surface area contributed by atoms with Crippen LogP contribution in [0.25, 0.3) is 0 Å². The van der Waals surface area contributed by atoms with Gasteiger partial charge in [-0.15, -0.1) is 0 Å². The average molecular weight is 225 g/mol. The molecule has 0 radical (unpaired) electrons. The van der Waals surface area contributed by atoms with Gasteiger partial charge in [-0.2, -0.15) is 13.2 Å². The highest BCUT2D eigenvalue weighted by Gasteiger charge is 2.29. The van der Waals surface area contributed by atoms with E-state index in [0.29, 0.717) is 6.54 Å². The average Bonchev–Trinajstić information content (AvgIpc) is 2.12. The lowest BCUT2D eigenvalue weighted by Gasteiger charge is -2.33. The molecule has 0 amide bonds. The number of hydrogen-bond acceptors (Lipinski definition) is 2. The standard InChI is InChI=1S/C10H18F3NO/c1-9(3-6-15-7-4-9)8-14-5-2-10(11,12)13/h14H,2-8H2,1H3. The third-order valence-corrected chi connectivity index (χ3v) is 2.84. The topological polar surface area (TPSA) is 21.3 Å². The second-order valence-electron chi connectivity index (χ2n) is 4.46. The van der Waals surface area contributed by atoms with Crippen LogP contribution in [-0.4, -0.2) is 32.5 Å². The van der Waals surface area contributed by atoms with Gasteiger partial charge in [0.25, 0.3) is 0 Å². The molecule has 0 unspecified atom stereocenters. The maximum atomic E-state index is 11.9. The van der Waals surface area contributed by atoms with Gasteiger partial charge >= 0.3 is 6.18 Å². The molecular weight excluding hydrogens is 207 g/mol. The van der Waals surface area contributed by atoms with E-state index in [4.69, 9.17) is 4.74 Å². The smallest absolute Gasteiger partial charge is 0.381 e. The lowest BCUT2D eigenvalue weighted by atomic mass is 9.82. The van der Waals surface area contributed by atoms with Crippen molar-refractivity contribution >= 4 is 0 Å². The Labute approximate surface area is 88.2 Å². The minimum Gasteiger partial charge on any atom is -0.381 e. The second-order valence-corrected chi connectivity index (χ2v) is 4.46. The molecule has 0 atom stereocenters. The van der Waals surface area contributed by atoms with Gasteiger partial charge in [0.05, 0.1) is 6.42 Å². The van der Waals surface area contributed by atoms with Crippen molar-refractivity contribution in [2.75, 3.05) is 26.3 Å². The van der Waals surface area contributed by atoms with Gasteiger partial charge < -0.3 is 10.1 Å². The van der Waals surface area contributed by atoms with Gasteiger partial charge in [-0.25, -0.2) is 0 Å². The van der Waals surface area contributed by atoms with E-state index in [1.807, 2.05) is 0 Å². The number of rotatable bonds is 4. The van der Waals surface area contributed by atoms with Crippen LogP contribution < -0.4 is 5.32 Å². The van der Waals surface area contributed by atoms with Crippen molar-refractivity contribution in [2.45, 2.75) is 32.4 Å². The second kappa shape index (κ2) is 5.16. The summed E-state index contributed by atoms with van der Waals surface area (Å²) in [6.07, 6.45) is -2.96. The third kappa shape index (κ3) is 5.37. The number of nitrogens with one attached hydrogen (secondary N) is 1. The van der Waals surface area contributed by atoms with Crippen molar-refractivity contribution in [1.29, 1.82) is 0 Å². The molecule has 0 spiro atoms. The summed E-state index contributed by atoms with van der Waals surface area (Å²) in [5.74, 6) is 0. The summed E-state index contributed by atoms with van der Waals surface area (Å²) in [5, 5.41) is 2.88. The van der Waals surface area contributed by atoms with Gasteiger partial charge in [-0.05, 0) is 18.3 Å². The Bertz CT molecular complexity index is 188. The van der Waals surface area contributed by atoms with Gasteiger partial charge in [0.2, 0.25) is 0 Å². The Hall–Kier alpha value is -0.290. The van der Waals surface area contributed by atoms with E-state index in [2.05, 4.69) is 12.2 Å². The van der Waals surface area contributed by atoms with Gasteiger partial charge in [0.15, 0.2) is 0 Å². The van der Waals surface area contributed by atoms with E-state index in [1.54, 1.807) is 0 Å². The molecule has 0 bridgehead atoms. The van der Waals surface area contributed by atoms with E-state index in [9.17, 15) is 13.2 Å². The number of hydrogen-bond donors (Lipinski definition) is 1. The predicted octanol–water partition coefficient (Wildman–Crippen LogP) is 2.35. The number of alkyl halides is 3. The molecule has 0 aromatic rings. The Morgan fingerprint density at radius 2 is 1.87 bits per heavy atom. The minimum absolute atomic E-state index is 0.0138. The summed E-state index contributed by atoms with van der Waals surface area (Å²) in [4.78, 5) is 0. The minimum atomic E-state index is -4.05. The third-order valence-electron chi connectivity index (χ3n) is 2.84. The molecule has 1 fully saturated rings. The fraction of sp³-hybridized carbons (Fsp3) is 1.00. The lowest BCUT2D eigenvalue weighted by Crippen LogP contribution is -2.37. The molecule has 1 heterocycles. The van der Waals surface area contributed by atoms with Crippen molar-refractivity contribution in [2.24, 2.45) is 5.41 Å². The molecule has 5 heteroatoms. The van der Waals surface area contributed by atoms with Crippen molar-refractivity contribution in [1.82, 2.24) is 5.32 Å². The van der Waals surface area contributed by atoms with E-state index in [0.717, 1.165) is 26.1 Å². The summed E-state index contributed by atoms with van der Waals surface area (Å²) in [6, 6.07) is 0. The van der Waals surface area contributed by atoms with Gasteiger partial charge in [-0.1, -0.05) is 6.92 Å².